The van der Waals surface area contributed by atoms with Gasteiger partial charge in [-0.2, -0.15) is 0 Å². The van der Waals surface area contributed by atoms with Crippen molar-refractivity contribution in [2.24, 2.45) is 0 Å². The van der Waals surface area contributed by atoms with Crippen LogP contribution in [0, 0.1) is 6.92 Å². The molecule has 0 aliphatic heterocycles. The standard InChI is InChI=1S/C16H23NO3/c1-9-6-7-12(18)14-11(8-10(2)13(9)14)17-16(3,4)15(19)20-5/h6-7,10-11,17-18H,8H2,1-5H3. The third-order valence-corrected chi connectivity index (χ3v) is 4.14. The van der Waals surface area contributed by atoms with Gasteiger partial charge >= 0.3 is 5.97 Å². The SMILES string of the molecule is COC(=O)C(C)(C)NC1CC(C)c2c(C)ccc(O)c21. The van der Waals surface area contributed by atoms with Crippen molar-refractivity contribution in [1.29, 1.82) is 0 Å². The normalized spacial score (nSPS) is 21.6. The lowest BCUT2D eigenvalue weighted by molar-refractivity contribution is -0.147. The van der Waals surface area contributed by atoms with Crippen LogP contribution >= 0.6 is 0 Å². The molecule has 2 rings (SSSR count). The number of nitrogens with one attached hydrogen (secondary N) is 1. The zero-order valence-corrected chi connectivity index (χ0v) is 12.8. The maximum Gasteiger partial charge on any atom is 0.325 e. The van der Waals surface area contributed by atoms with Gasteiger partial charge in [-0.15, -0.1) is 0 Å². The summed E-state index contributed by atoms with van der Waals surface area (Å²) < 4.78 is 4.83. The van der Waals surface area contributed by atoms with Gasteiger partial charge in [0.2, 0.25) is 0 Å². The largest absolute Gasteiger partial charge is 0.508 e. The van der Waals surface area contributed by atoms with E-state index in [0.29, 0.717) is 11.7 Å². The number of benzene rings is 1. The first-order valence-electron chi connectivity index (χ1n) is 6.96. The zero-order chi connectivity index (χ0) is 15.1. The van der Waals surface area contributed by atoms with E-state index in [-0.39, 0.29) is 12.0 Å². The van der Waals surface area contributed by atoms with E-state index >= 15 is 0 Å². The van der Waals surface area contributed by atoms with Crippen LogP contribution in [0.15, 0.2) is 12.1 Å². The van der Waals surface area contributed by atoms with Crippen LogP contribution in [0.25, 0.3) is 0 Å². The van der Waals surface area contributed by atoms with Crippen LogP contribution in [0.2, 0.25) is 0 Å². The third-order valence-electron chi connectivity index (χ3n) is 4.14. The molecule has 0 saturated heterocycles. The number of carbonyl (C=O) groups excluding carboxylic acids is 1. The zero-order valence-electron chi connectivity index (χ0n) is 12.8. The molecule has 0 bridgehead atoms. The molecule has 1 aromatic rings. The Hall–Kier alpha value is -1.55. The summed E-state index contributed by atoms with van der Waals surface area (Å²) in [5, 5.41) is 13.5. The highest BCUT2D eigenvalue weighted by Gasteiger charge is 2.38. The molecule has 0 radical (unpaired) electrons. The molecule has 0 heterocycles. The molecule has 1 aromatic carbocycles. The Kier molecular flexibility index (Phi) is 3.78. The van der Waals surface area contributed by atoms with Crippen molar-refractivity contribution < 1.29 is 14.6 Å². The molecule has 2 N–H and O–H groups in total. The number of aromatic hydroxyl groups is 1. The molecule has 2 atom stereocenters. The first kappa shape index (κ1) is 14.9. The summed E-state index contributed by atoms with van der Waals surface area (Å²) >= 11 is 0. The average molecular weight is 277 g/mol. The number of hydrogen-bond donors (Lipinski definition) is 2. The summed E-state index contributed by atoms with van der Waals surface area (Å²) in [4.78, 5) is 11.8. The van der Waals surface area contributed by atoms with Crippen molar-refractivity contribution in [2.75, 3.05) is 7.11 Å². The lowest BCUT2D eigenvalue weighted by atomic mass is 9.97. The summed E-state index contributed by atoms with van der Waals surface area (Å²) in [6, 6.07) is 3.64. The van der Waals surface area contributed by atoms with E-state index < -0.39 is 5.54 Å². The summed E-state index contributed by atoms with van der Waals surface area (Å²) in [6.07, 6.45) is 0.869. The Morgan fingerprint density at radius 3 is 2.65 bits per heavy atom. The Morgan fingerprint density at radius 1 is 1.40 bits per heavy atom. The Labute approximate surface area is 120 Å². The second kappa shape index (κ2) is 5.09. The molecule has 0 saturated carbocycles. The van der Waals surface area contributed by atoms with Crippen LogP contribution in [0.3, 0.4) is 0 Å². The van der Waals surface area contributed by atoms with E-state index in [1.54, 1.807) is 19.9 Å². The molecule has 0 spiro atoms. The van der Waals surface area contributed by atoms with Crippen molar-refractivity contribution in [3.05, 3.63) is 28.8 Å². The van der Waals surface area contributed by atoms with Crippen molar-refractivity contribution >= 4 is 5.97 Å². The summed E-state index contributed by atoms with van der Waals surface area (Å²) in [6.45, 7) is 7.81. The number of methoxy groups -OCH3 is 1. The minimum atomic E-state index is -0.781. The smallest absolute Gasteiger partial charge is 0.325 e. The summed E-state index contributed by atoms with van der Waals surface area (Å²) in [7, 11) is 1.39. The van der Waals surface area contributed by atoms with Crippen molar-refractivity contribution in [3.63, 3.8) is 0 Å². The lowest BCUT2D eigenvalue weighted by Crippen LogP contribution is -2.48. The fraction of sp³-hybridized carbons (Fsp3) is 0.562. The minimum Gasteiger partial charge on any atom is -0.508 e. The van der Waals surface area contributed by atoms with E-state index in [2.05, 4.69) is 19.2 Å². The van der Waals surface area contributed by atoms with Crippen LogP contribution in [0.4, 0.5) is 0 Å². The van der Waals surface area contributed by atoms with Gasteiger partial charge in [-0.3, -0.25) is 10.1 Å². The van der Waals surface area contributed by atoms with Gasteiger partial charge in [0.1, 0.15) is 11.3 Å². The molecule has 20 heavy (non-hydrogen) atoms. The maximum absolute atomic E-state index is 11.8. The van der Waals surface area contributed by atoms with Gasteiger partial charge in [0, 0.05) is 11.6 Å². The Morgan fingerprint density at radius 2 is 2.05 bits per heavy atom. The molecular weight excluding hydrogens is 254 g/mol. The molecule has 4 nitrogen and oxygen atoms in total. The second-order valence-electron chi connectivity index (χ2n) is 6.18. The van der Waals surface area contributed by atoms with Gasteiger partial charge in [-0.25, -0.2) is 0 Å². The fourth-order valence-electron chi connectivity index (χ4n) is 3.22. The number of phenols is 1. The number of rotatable bonds is 3. The number of esters is 1. The fourth-order valence-corrected chi connectivity index (χ4v) is 3.22. The van der Waals surface area contributed by atoms with Gasteiger partial charge in [0.05, 0.1) is 7.11 Å². The van der Waals surface area contributed by atoms with E-state index in [1.165, 1.54) is 18.2 Å². The maximum atomic E-state index is 11.8. The molecule has 4 heteroatoms. The highest BCUT2D eigenvalue weighted by atomic mass is 16.5. The Balaban J connectivity index is 2.36. The van der Waals surface area contributed by atoms with Crippen LogP contribution in [-0.2, 0) is 9.53 Å². The van der Waals surface area contributed by atoms with Crippen molar-refractivity contribution in [1.82, 2.24) is 5.32 Å². The molecule has 1 aliphatic carbocycles. The monoisotopic (exact) mass is 277 g/mol. The average Bonchev–Trinajstić information content (AvgIpc) is 2.70. The predicted molar refractivity (Wildman–Crippen MR) is 77.8 cm³/mol. The number of aryl methyl sites for hydroxylation is 1. The molecule has 110 valence electrons. The highest BCUT2D eigenvalue weighted by molar-refractivity contribution is 5.79. The lowest BCUT2D eigenvalue weighted by Gasteiger charge is -2.28. The molecule has 0 amide bonds. The first-order valence-corrected chi connectivity index (χ1v) is 6.96. The third kappa shape index (κ3) is 2.40. The minimum absolute atomic E-state index is 0.0333. The van der Waals surface area contributed by atoms with E-state index in [1.807, 2.05) is 6.07 Å². The topological polar surface area (TPSA) is 58.6 Å². The Bertz CT molecular complexity index is 537. The molecule has 0 aromatic heterocycles. The van der Waals surface area contributed by atoms with Gasteiger partial charge in [-0.1, -0.05) is 13.0 Å². The molecule has 2 unspecified atom stereocenters. The van der Waals surface area contributed by atoms with E-state index in [4.69, 9.17) is 4.74 Å². The van der Waals surface area contributed by atoms with Crippen LogP contribution in [0.5, 0.6) is 5.75 Å². The van der Waals surface area contributed by atoms with Crippen LogP contribution in [-0.4, -0.2) is 23.7 Å². The number of ether oxygens (including phenoxy) is 1. The number of hydrogen-bond acceptors (Lipinski definition) is 4. The van der Waals surface area contributed by atoms with Gasteiger partial charge in [0.15, 0.2) is 0 Å². The number of phenolic OH excluding ortho intramolecular Hbond substituents is 1. The number of fused-ring (bicyclic) bond motifs is 1. The van der Waals surface area contributed by atoms with Crippen molar-refractivity contribution in [3.8, 4) is 5.75 Å². The van der Waals surface area contributed by atoms with Crippen LogP contribution in [0.1, 0.15) is 55.8 Å². The molecular formula is C16H23NO3. The summed E-state index contributed by atoms with van der Waals surface area (Å²) in [5.41, 5.74) is 2.53. The van der Waals surface area contributed by atoms with E-state index in [9.17, 15) is 9.90 Å². The van der Waals surface area contributed by atoms with Gasteiger partial charge < -0.3 is 9.84 Å². The van der Waals surface area contributed by atoms with Gasteiger partial charge in [0.25, 0.3) is 0 Å². The highest BCUT2D eigenvalue weighted by Crippen LogP contribution is 2.46. The first-order chi connectivity index (χ1) is 9.27. The van der Waals surface area contributed by atoms with Gasteiger partial charge in [-0.05, 0) is 50.3 Å². The molecule has 1 aliphatic rings. The summed E-state index contributed by atoms with van der Waals surface area (Å²) in [5.74, 6) is 0.363. The predicted octanol–water partition coefficient (Wildman–Crippen LogP) is 2.79. The second-order valence-corrected chi connectivity index (χ2v) is 6.18. The van der Waals surface area contributed by atoms with Crippen LogP contribution < -0.4 is 5.32 Å². The quantitative estimate of drug-likeness (QED) is 0.834. The number of carbonyl (C=O) groups is 1. The van der Waals surface area contributed by atoms with Crippen molar-refractivity contribution in [2.45, 2.75) is 51.6 Å². The molecule has 0 fully saturated rings. The van der Waals surface area contributed by atoms with E-state index in [0.717, 1.165) is 12.0 Å².